The summed E-state index contributed by atoms with van der Waals surface area (Å²) >= 11 is 0. The van der Waals surface area contributed by atoms with Crippen molar-refractivity contribution in [2.45, 2.75) is 31.6 Å². The second kappa shape index (κ2) is 7.03. The fraction of sp³-hybridized carbons (Fsp3) is 0.444. The Balaban J connectivity index is 1.60. The summed E-state index contributed by atoms with van der Waals surface area (Å²) < 4.78 is 5.79. The standard InChI is InChI=1S/C18H23NO2/c20-18(16-9-5-2-6-10-16)17-14-19(11-12-21-17)13-15-7-3-1-4-8-15/h1,3-5,7-10,17-18,20H,2,6,11-14H2/t17-,18-/m0/s1. The molecule has 1 fully saturated rings. The van der Waals surface area contributed by atoms with E-state index in [-0.39, 0.29) is 6.10 Å². The Morgan fingerprint density at radius 1 is 1.24 bits per heavy atom. The molecule has 1 aliphatic heterocycles. The summed E-state index contributed by atoms with van der Waals surface area (Å²) in [6.45, 7) is 3.31. The molecule has 0 unspecified atom stereocenters. The molecular weight excluding hydrogens is 262 g/mol. The topological polar surface area (TPSA) is 32.7 Å². The van der Waals surface area contributed by atoms with Crippen LogP contribution >= 0.6 is 0 Å². The van der Waals surface area contributed by atoms with Gasteiger partial charge >= 0.3 is 0 Å². The van der Waals surface area contributed by atoms with Gasteiger partial charge in [-0.2, -0.15) is 0 Å². The Morgan fingerprint density at radius 2 is 2.10 bits per heavy atom. The lowest BCUT2D eigenvalue weighted by atomic mass is 9.97. The van der Waals surface area contributed by atoms with E-state index in [4.69, 9.17) is 4.74 Å². The third-order valence-electron chi connectivity index (χ3n) is 4.14. The van der Waals surface area contributed by atoms with Crippen LogP contribution in [0.4, 0.5) is 0 Å². The summed E-state index contributed by atoms with van der Waals surface area (Å²) in [4.78, 5) is 2.36. The molecule has 1 aromatic carbocycles. The predicted molar refractivity (Wildman–Crippen MR) is 83.9 cm³/mol. The molecule has 112 valence electrons. The summed E-state index contributed by atoms with van der Waals surface area (Å²) in [6, 6.07) is 10.5. The second-order valence-electron chi connectivity index (χ2n) is 5.76. The molecule has 0 saturated carbocycles. The maximum atomic E-state index is 10.5. The highest BCUT2D eigenvalue weighted by Crippen LogP contribution is 2.20. The van der Waals surface area contributed by atoms with Crippen LogP contribution < -0.4 is 0 Å². The van der Waals surface area contributed by atoms with Gasteiger partial charge in [-0.3, -0.25) is 4.90 Å². The van der Waals surface area contributed by atoms with Crippen LogP contribution in [-0.2, 0) is 11.3 Å². The fourth-order valence-corrected chi connectivity index (χ4v) is 2.98. The molecule has 1 aromatic rings. The SMILES string of the molecule is O[C@@H](C1=CCCC=C1)[C@@H]1CN(Cc2ccccc2)CCO1. The van der Waals surface area contributed by atoms with E-state index in [1.54, 1.807) is 0 Å². The first kappa shape index (κ1) is 14.5. The van der Waals surface area contributed by atoms with E-state index in [0.717, 1.165) is 38.0 Å². The van der Waals surface area contributed by atoms with Crippen molar-refractivity contribution in [2.24, 2.45) is 0 Å². The van der Waals surface area contributed by atoms with Gasteiger partial charge in [0.25, 0.3) is 0 Å². The zero-order valence-corrected chi connectivity index (χ0v) is 12.3. The number of hydrogen-bond donors (Lipinski definition) is 1. The second-order valence-corrected chi connectivity index (χ2v) is 5.76. The van der Waals surface area contributed by atoms with Gasteiger partial charge in [-0.25, -0.2) is 0 Å². The van der Waals surface area contributed by atoms with Crippen molar-refractivity contribution >= 4 is 0 Å². The minimum atomic E-state index is -0.514. The molecule has 3 heteroatoms. The lowest BCUT2D eigenvalue weighted by Gasteiger charge is -2.35. The summed E-state index contributed by atoms with van der Waals surface area (Å²) in [7, 11) is 0. The number of allylic oxidation sites excluding steroid dienone is 2. The quantitative estimate of drug-likeness (QED) is 0.922. The number of benzene rings is 1. The Morgan fingerprint density at radius 3 is 2.86 bits per heavy atom. The van der Waals surface area contributed by atoms with Crippen molar-refractivity contribution in [3.8, 4) is 0 Å². The first-order valence-electron chi connectivity index (χ1n) is 7.75. The van der Waals surface area contributed by atoms with Gasteiger partial charge < -0.3 is 9.84 Å². The maximum Gasteiger partial charge on any atom is 0.106 e. The molecule has 1 N–H and O–H groups in total. The molecule has 2 aliphatic rings. The molecule has 21 heavy (non-hydrogen) atoms. The van der Waals surface area contributed by atoms with E-state index in [1.165, 1.54) is 5.56 Å². The van der Waals surface area contributed by atoms with Crippen molar-refractivity contribution in [3.63, 3.8) is 0 Å². The third-order valence-corrected chi connectivity index (χ3v) is 4.14. The molecule has 0 aromatic heterocycles. The van der Waals surface area contributed by atoms with Gasteiger partial charge in [0, 0.05) is 19.6 Å². The molecule has 3 rings (SSSR count). The average molecular weight is 285 g/mol. The predicted octanol–water partition coefficient (Wildman–Crippen LogP) is 2.52. The largest absolute Gasteiger partial charge is 0.386 e. The number of aliphatic hydroxyl groups excluding tert-OH is 1. The van der Waals surface area contributed by atoms with Crippen LogP contribution in [0, 0.1) is 0 Å². The minimum absolute atomic E-state index is 0.128. The summed E-state index contributed by atoms with van der Waals surface area (Å²) in [6.07, 6.45) is 7.74. The van der Waals surface area contributed by atoms with Gasteiger partial charge in [-0.15, -0.1) is 0 Å². The highest BCUT2D eigenvalue weighted by molar-refractivity contribution is 5.27. The maximum absolute atomic E-state index is 10.5. The lowest BCUT2D eigenvalue weighted by molar-refractivity contribution is -0.0786. The van der Waals surface area contributed by atoms with E-state index < -0.39 is 6.10 Å². The number of ether oxygens (including phenoxy) is 1. The van der Waals surface area contributed by atoms with Crippen LogP contribution in [0.15, 0.2) is 54.1 Å². The highest BCUT2D eigenvalue weighted by atomic mass is 16.5. The van der Waals surface area contributed by atoms with Gasteiger partial charge in [0.1, 0.15) is 12.2 Å². The van der Waals surface area contributed by atoms with Gasteiger partial charge in [0.2, 0.25) is 0 Å². The smallest absolute Gasteiger partial charge is 0.106 e. The average Bonchev–Trinajstić information content (AvgIpc) is 2.56. The minimum Gasteiger partial charge on any atom is -0.386 e. The van der Waals surface area contributed by atoms with E-state index >= 15 is 0 Å². The summed E-state index contributed by atoms with van der Waals surface area (Å²) in [5, 5.41) is 10.5. The Kier molecular flexibility index (Phi) is 4.86. The molecule has 0 radical (unpaired) electrons. The van der Waals surface area contributed by atoms with Gasteiger partial charge in [0.15, 0.2) is 0 Å². The van der Waals surface area contributed by atoms with Crippen LogP contribution in [0.5, 0.6) is 0 Å². The fourth-order valence-electron chi connectivity index (χ4n) is 2.98. The van der Waals surface area contributed by atoms with Crippen LogP contribution in [0.3, 0.4) is 0 Å². The Hall–Kier alpha value is -1.42. The van der Waals surface area contributed by atoms with Crippen LogP contribution in [0.25, 0.3) is 0 Å². The normalized spacial score (nSPS) is 24.6. The number of rotatable bonds is 4. The molecule has 0 bridgehead atoms. The first-order valence-corrected chi connectivity index (χ1v) is 7.75. The van der Waals surface area contributed by atoms with Crippen LogP contribution in [0.2, 0.25) is 0 Å². The van der Waals surface area contributed by atoms with Crippen LogP contribution in [0.1, 0.15) is 18.4 Å². The summed E-state index contributed by atoms with van der Waals surface area (Å²) in [5.74, 6) is 0. The number of nitrogens with zero attached hydrogens (tertiary/aromatic N) is 1. The van der Waals surface area contributed by atoms with Crippen molar-refractivity contribution in [1.82, 2.24) is 4.90 Å². The van der Waals surface area contributed by atoms with Gasteiger partial charge in [-0.05, 0) is 24.0 Å². The zero-order chi connectivity index (χ0) is 14.5. The molecule has 1 aliphatic carbocycles. The Labute approximate surface area is 126 Å². The zero-order valence-electron chi connectivity index (χ0n) is 12.3. The molecular formula is C18H23NO2. The van der Waals surface area contributed by atoms with E-state index in [1.807, 2.05) is 12.1 Å². The molecule has 0 amide bonds. The molecule has 2 atom stereocenters. The Bertz CT molecular complexity index is 509. The lowest BCUT2D eigenvalue weighted by Crippen LogP contribution is -2.47. The van der Waals surface area contributed by atoms with E-state index in [0.29, 0.717) is 6.61 Å². The third kappa shape index (κ3) is 3.82. The van der Waals surface area contributed by atoms with Crippen molar-refractivity contribution < 1.29 is 9.84 Å². The molecule has 1 saturated heterocycles. The van der Waals surface area contributed by atoms with Crippen LogP contribution in [-0.4, -0.2) is 41.9 Å². The van der Waals surface area contributed by atoms with Crippen molar-refractivity contribution in [1.29, 1.82) is 0 Å². The monoisotopic (exact) mass is 285 g/mol. The first-order chi connectivity index (χ1) is 10.3. The summed E-state index contributed by atoms with van der Waals surface area (Å²) in [5.41, 5.74) is 2.32. The van der Waals surface area contributed by atoms with Crippen molar-refractivity contribution in [2.75, 3.05) is 19.7 Å². The number of hydrogen-bond acceptors (Lipinski definition) is 3. The molecule has 0 spiro atoms. The van der Waals surface area contributed by atoms with E-state index in [2.05, 4.69) is 41.3 Å². The van der Waals surface area contributed by atoms with E-state index in [9.17, 15) is 5.11 Å². The van der Waals surface area contributed by atoms with Crippen molar-refractivity contribution in [3.05, 3.63) is 59.7 Å². The number of aliphatic hydroxyl groups is 1. The number of morpholine rings is 1. The van der Waals surface area contributed by atoms with Gasteiger partial charge in [-0.1, -0.05) is 48.6 Å². The molecule has 1 heterocycles. The van der Waals surface area contributed by atoms with Gasteiger partial charge in [0.05, 0.1) is 6.61 Å². The molecule has 3 nitrogen and oxygen atoms in total. The highest BCUT2D eigenvalue weighted by Gasteiger charge is 2.28.